The Balaban J connectivity index is 0.0000304. The molecule has 53 heteroatoms. The fourth-order valence-corrected chi connectivity index (χ4v) is 16.8. The molecule has 4 aromatic carbocycles. The topological polar surface area (TPSA) is 840 Å². The number of aliphatic carboxylic acids is 6. The minimum absolute atomic E-state index is 0. The Morgan fingerprint density at radius 3 is 1.23 bits per heavy atom. The van der Waals surface area contributed by atoms with Crippen molar-refractivity contribution >= 4 is 176 Å². The summed E-state index contributed by atoms with van der Waals surface area (Å²) in [5, 5.41) is 109. The molecule has 150 heavy (non-hydrogen) atoms. The van der Waals surface area contributed by atoms with Gasteiger partial charge in [-0.25, -0.2) is 0 Å². The third kappa shape index (κ3) is 39.0. The average Bonchev–Trinajstić information content (AvgIpc) is 1.40. The molecular weight excluding hydrogens is 1990 g/mol. The second-order valence-corrected chi connectivity index (χ2v) is 37.1. The van der Waals surface area contributed by atoms with E-state index in [2.05, 4.69) is 95.0 Å². The molecule has 2 aliphatic rings. The summed E-state index contributed by atoms with van der Waals surface area (Å²) in [6.45, 7) is 2.92. The summed E-state index contributed by atoms with van der Waals surface area (Å²) >= 11 is 1.24. The Bertz CT molecular complexity index is 5880. The number of fused-ring (bicyclic) bond motifs is 2. The van der Waals surface area contributed by atoms with Crippen LogP contribution in [0.25, 0.3) is 21.8 Å². The van der Waals surface area contributed by atoms with Crippen LogP contribution in [0.1, 0.15) is 152 Å². The number of thioether (sulfide) groups is 1. The normalized spacial score (nSPS) is 15.6. The molecule has 0 bridgehead atoms. The zero-order valence-electron chi connectivity index (χ0n) is 82.5. The summed E-state index contributed by atoms with van der Waals surface area (Å²) in [7, 11) is 0. The van der Waals surface area contributed by atoms with Crippen molar-refractivity contribution in [1.82, 2.24) is 106 Å². The van der Waals surface area contributed by atoms with Crippen LogP contribution in [0.3, 0.4) is 0 Å². The maximum Gasteiger partial charge on any atom is 0.305 e. The Morgan fingerprint density at radius 1 is 0.400 bits per heavy atom. The molecule has 6 aromatic rings. The summed E-state index contributed by atoms with van der Waals surface area (Å²) in [6, 6.07) is 1.84. The standard InChI is InChI=1S/C97H124N20O31S.H3N/c1-49(2)39-68(114-95(146)71(43-54-46-100-59-18-11-9-16-57(54)59)116-97(148)73-19-12-37-117(73)76(121)48-102-85(136)60-24-30-74(119)104-60)93(144)110-65(29-35-81(130)131)91(142)109-64(28-34-80(128)129)90(141)108-63(27-33-79(126)127)89(140)107-62(26-32-78(124)125)88(139)106-61(25-31-77(122)123)87(138)103-50(3)84(135)113-69(41-52-20-22-55(118)23-21-52)86(137)101-47-75(120)105-70(42-53-45-99-58-17-10-8-15-56(53)58)94(145)111-66(36-38-149-4)92(143)115-72(44-82(132)133)96(147)112-67(83(98)134)40-51-13-6-5-7-14-51;/h5-11,13-18,20-23,45-46,49-50,60-73,99-100,118H,12,19,24-44,47-48H2,1-4H3,(H2,98,134)(H,101,137)(H,102,136)(H,103,138)(H,104,119)(H,105,120)(H,106,139)(H,107,140)(H,108,141)(H,109,142)(H,110,144)(H,111,145)(H,112,147)(H,113,135)(H,114,146)(H,115,143)(H,116,148)(H,122,123)(H,124,125)(H,126,127)(H,128,129)(H,130,131)(H,132,133);1H3/t50-,60-,61-,62-,63-,64-,65-,66-,67-,68-,69-,70-,71-,72-,73+;/m0./s1. The number of phenols is 1. The Morgan fingerprint density at radius 2 is 0.787 bits per heavy atom. The number of amides is 18. The van der Waals surface area contributed by atoms with Gasteiger partial charge in [-0.1, -0.05) is 92.7 Å². The molecule has 4 heterocycles. The number of primary amides is 1. The van der Waals surface area contributed by atoms with Gasteiger partial charge in [-0.05, 0) is 136 Å². The van der Waals surface area contributed by atoms with Gasteiger partial charge in [0.15, 0.2) is 0 Å². The van der Waals surface area contributed by atoms with Crippen LogP contribution in [0.15, 0.2) is 116 Å². The van der Waals surface area contributed by atoms with Gasteiger partial charge in [0.1, 0.15) is 96.4 Å². The van der Waals surface area contributed by atoms with Crippen molar-refractivity contribution in [2.24, 2.45) is 11.7 Å². The summed E-state index contributed by atoms with van der Waals surface area (Å²) in [4.78, 5) is 334. The average molecular weight is 2120 g/mol. The molecule has 2 aliphatic heterocycles. The molecule has 15 atom stereocenters. The number of nitrogens with two attached hydrogens (primary N) is 1. The minimum Gasteiger partial charge on any atom is -0.508 e. The van der Waals surface area contributed by atoms with Crippen LogP contribution in [0.5, 0.6) is 5.75 Å². The van der Waals surface area contributed by atoms with E-state index in [-0.39, 0.29) is 87.0 Å². The first-order valence-corrected chi connectivity index (χ1v) is 49.2. The van der Waals surface area contributed by atoms with Crippen LogP contribution >= 0.6 is 11.8 Å². The van der Waals surface area contributed by atoms with Gasteiger partial charge in [-0.2, -0.15) is 11.8 Å². The van der Waals surface area contributed by atoms with Crippen molar-refractivity contribution in [2.45, 2.75) is 246 Å². The molecule has 0 radical (unpaired) electrons. The van der Waals surface area contributed by atoms with E-state index < -0.39 is 323 Å². The number of carboxylic acids is 6. The van der Waals surface area contributed by atoms with Gasteiger partial charge < -0.3 is 148 Å². The number of likely N-dealkylation sites (tertiary alicyclic amines) is 1. The number of phenolic OH excluding ortho intramolecular Hbond substituents is 1. The Kier molecular flexibility index (Phi) is 47.5. The first-order valence-electron chi connectivity index (χ1n) is 47.8. The number of hydrogen-bond donors (Lipinski definition) is 27. The lowest BCUT2D eigenvalue weighted by Gasteiger charge is -2.29. The second kappa shape index (κ2) is 59.2. The number of aromatic hydroxyl groups is 1. The van der Waals surface area contributed by atoms with Crippen LogP contribution in [0.4, 0.5) is 0 Å². The van der Waals surface area contributed by atoms with Crippen molar-refractivity contribution in [3.8, 4) is 5.75 Å². The van der Waals surface area contributed by atoms with Crippen molar-refractivity contribution in [3.63, 3.8) is 0 Å². The molecule has 2 saturated heterocycles. The van der Waals surface area contributed by atoms with E-state index in [9.17, 15) is 151 Å². The number of aromatic amines is 2. The van der Waals surface area contributed by atoms with Crippen LogP contribution < -0.4 is 97.0 Å². The number of nitrogens with zero attached hydrogens (tertiary/aromatic N) is 1. The zero-order valence-corrected chi connectivity index (χ0v) is 83.3. The SMILES string of the molecule is CSCC[C@H](NC(=O)[C@H](Cc1c[nH]c2ccccc12)NC(=O)CNC(=O)[C@H](Cc1ccc(O)cc1)NC(=O)[C@H](C)NC(=O)[C@H](CCC(=O)O)NC(=O)[C@H](CCC(=O)O)NC(=O)[C@H](CCC(=O)O)NC(=O)[C@H](CCC(=O)O)NC(=O)[C@H](CCC(=O)O)NC(=O)[C@H](CC(C)C)NC(=O)[C@H](Cc1c[nH]c2ccccc12)NC(=O)[C@H]1CCCN1C(=O)CNC(=O)[C@@H]1CCC(=O)N1)C(=O)N[C@@H](CC(=O)O)C(=O)N[C@@H](Cc1ccccc1)C(N)=O.N. The lowest BCUT2D eigenvalue weighted by molar-refractivity contribution is -0.141. The molecule has 0 saturated carbocycles. The largest absolute Gasteiger partial charge is 0.508 e. The van der Waals surface area contributed by atoms with Crippen LogP contribution in [0, 0.1) is 5.92 Å². The van der Waals surface area contributed by atoms with Crippen LogP contribution in [-0.2, 0) is 141 Å². The molecule has 2 fully saturated rings. The molecule has 0 spiro atoms. The number of nitrogens with one attached hydrogen (secondary N) is 18. The third-order valence-corrected chi connectivity index (χ3v) is 24.8. The highest BCUT2D eigenvalue weighted by Crippen LogP contribution is 2.25. The number of aromatic nitrogens is 2. The highest BCUT2D eigenvalue weighted by molar-refractivity contribution is 7.98. The van der Waals surface area contributed by atoms with E-state index in [0.29, 0.717) is 44.9 Å². The summed E-state index contributed by atoms with van der Waals surface area (Å²) in [5.41, 5.74) is 8.66. The van der Waals surface area contributed by atoms with Crippen molar-refractivity contribution in [3.05, 3.63) is 138 Å². The second-order valence-electron chi connectivity index (χ2n) is 36.1. The highest BCUT2D eigenvalue weighted by Gasteiger charge is 2.42. The lowest BCUT2D eigenvalue weighted by Crippen LogP contribution is -2.61. The number of benzene rings is 4. The molecule has 812 valence electrons. The number of hydrogen-bond acceptors (Lipinski definition) is 27. The molecule has 2 aromatic heterocycles. The molecule has 0 aliphatic carbocycles. The van der Waals surface area contributed by atoms with Crippen LogP contribution in [0.2, 0.25) is 0 Å². The zero-order chi connectivity index (χ0) is 109. The van der Waals surface area contributed by atoms with Crippen molar-refractivity contribution < 1.29 is 151 Å². The Hall–Kier alpha value is -16.6. The van der Waals surface area contributed by atoms with Gasteiger partial charge in [0.25, 0.3) is 0 Å². The molecule has 0 unspecified atom stereocenters. The fraction of sp³-hybridized carbons (Fsp3) is 0.464. The number of carbonyl (C=O) groups is 24. The molecule has 8 rings (SSSR count). The van der Waals surface area contributed by atoms with E-state index in [4.69, 9.17) is 5.73 Å². The number of carbonyl (C=O) groups excluding carboxylic acids is 18. The minimum atomic E-state index is -2.14. The van der Waals surface area contributed by atoms with Crippen molar-refractivity contribution in [2.75, 3.05) is 31.6 Å². The van der Waals surface area contributed by atoms with Gasteiger partial charge in [-0.15, -0.1) is 0 Å². The van der Waals surface area contributed by atoms with Gasteiger partial charge in [-0.3, -0.25) is 115 Å². The van der Waals surface area contributed by atoms with E-state index >= 15 is 0 Å². The van der Waals surface area contributed by atoms with Crippen LogP contribution in [-0.4, -0.2) is 315 Å². The Labute approximate surface area is 861 Å². The first kappa shape index (κ1) is 120. The van der Waals surface area contributed by atoms with Gasteiger partial charge in [0, 0.05) is 105 Å². The molecule has 18 amide bonds. The van der Waals surface area contributed by atoms with Gasteiger partial charge >= 0.3 is 35.8 Å². The van der Waals surface area contributed by atoms with E-state index in [1.54, 1.807) is 111 Å². The quantitative estimate of drug-likeness (QED) is 0.0178. The number of carboxylic acid groups (broad SMARTS) is 6. The van der Waals surface area contributed by atoms with Gasteiger partial charge in [0.05, 0.1) is 19.5 Å². The predicted molar refractivity (Wildman–Crippen MR) is 532 cm³/mol. The predicted octanol–water partition coefficient (Wildman–Crippen LogP) is -3.31. The summed E-state index contributed by atoms with van der Waals surface area (Å²) in [6.07, 6.45) is -5.89. The van der Waals surface area contributed by atoms with Gasteiger partial charge in [0.2, 0.25) is 106 Å². The number of para-hydroxylation sites is 2. The first-order chi connectivity index (χ1) is 70.7. The number of rotatable bonds is 62. The lowest BCUT2D eigenvalue weighted by atomic mass is 9.99. The summed E-state index contributed by atoms with van der Waals surface area (Å²) in [5.74, 6) is -29.2. The van der Waals surface area contributed by atoms with E-state index in [1.807, 2.05) is 0 Å². The fourth-order valence-electron chi connectivity index (χ4n) is 16.4. The molecule has 30 N–H and O–H groups in total. The monoisotopic (exact) mass is 2110 g/mol. The molecular formula is C97H127N21O31S. The smallest absolute Gasteiger partial charge is 0.305 e. The maximum absolute atomic E-state index is 14.9. The molecule has 52 nitrogen and oxygen atoms in total. The highest BCUT2D eigenvalue weighted by atomic mass is 32.2. The third-order valence-electron chi connectivity index (χ3n) is 24.2. The van der Waals surface area contributed by atoms with E-state index in [0.717, 1.165) is 6.92 Å². The van der Waals surface area contributed by atoms with Crippen molar-refractivity contribution in [1.29, 1.82) is 0 Å². The van der Waals surface area contributed by atoms with E-state index in [1.165, 1.54) is 40.9 Å². The summed E-state index contributed by atoms with van der Waals surface area (Å²) < 4.78 is 0. The number of H-pyrrole nitrogens is 2. The maximum atomic E-state index is 14.9.